The van der Waals surface area contributed by atoms with Gasteiger partial charge in [-0.1, -0.05) is 18.5 Å². The predicted molar refractivity (Wildman–Crippen MR) is 105 cm³/mol. The van der Waals surface area contributed by atoms with E-state index in [9.17, 15) is 18.0 Å². The Labute approximate surface area is 169 Å². The van der Waals surface area contributed by atoms with E-state index in [2.05, 4.69) is 5.32 Å². The fourth-order valence-electron chi connectivity index (χ4n) is 3.57. The molecule has 3 rings (SSSR count). The monoisotopic (exact) mass is 429 g/mol. The molecule has 1 unspecified atom stereocenters. The predicted octanol–water partition coefficient (Wildman–Crippen LogP) is 2.08. The lowest BCUT2D eigenvalue weighted by molar-refractivity contribution is -0.135. The van der Waals surface area contributed by atoms with Gasteiger partial charge in [-0.3, -0.25) is 9.59 Å². The molecule has 10 heteroatoms. The molecule has 1 aromatic rings. The van der Waals surface area contributed by atoms with Crippen molar-refractivity contribution in [2.45, 2.75) is 43.5 Å². The standard InChI is InChI=1S/C18H24ClN3O5S/c1-3-12-6-4-5-7-22(12)18(24)10-21(2)28(25,26)16-9-15-14(8-13(16)19)20-17(23)11-27-15/h8-9,12H,3-7,10-11H2,1-2H3,(H,20,23). The van der Waals surface area contributed by atoms with Gasteiger partial charge in [0.25, 0.3) is 5.91 Å². The number of ether oxygens (including phenoxy) is 1. The average molecular weight is 430 g/mol. The van der Waals surface area contributed by atoms with Gasteiger partial charge in [0, 0.05) is 25.7 Å². The first-order chi connectivity index (χ1) is 13.2. The number of carbonyl (C=O) groups is 2. The molecule has 1 aromatic carbocycles. The number of nitrogens with one attached hydrogen (secondary N) is 1. The number of likely N-dealkylation sites (N-methyl/N-ethyl adjacent to an activating group) is 1. The van der Waals surface area contributed by atoms with E-state index in [0.717, 1.165) is 30.0 Å². The number of anilines is 1. The van der Waals surface area contributed by atoms with Gasteiger partial charge in [0.2, 0.25) is 15.9 Å². The molecule has 0 saturated carbocycles. The summed E-state index contributed by atoms with van der Waals surface area (Å²) >= 11 is 6.16. The highest BCUT2D eigenvalue weighted by Gasteiger charge is 2.32. The normalized spacial score (nSPS) is 19.8. The lowest BCUT2D eigenvalue weighted by Gasteiger charge is -2.36. The van der Waals surface area contributed by atoms with Gasteiger partial charge in [-0.2, -0.15) is 4.31 Å². The lowest BCUT2D eigenvalue weighted by Crippen LogP contribution is -2.48. The Kier molecular flexibility index (Phi) is 6.16. The molecule has 28 heavy (non-hydrogen) atoms. The Hall–Kier alpha value is -1.84. The zero-order valence-electron chi connectivity index (χ0n) is 15.9. The molecule has 2 heterocycles. The van der Waals surface area contributed by atoms with Crippen molar-refractivity contribution in [3.8, 4) is 5.75 Å². The fraction of sp³-hybridized carbons (Fsp3) is 0.556. The summed E-state index contributed by atoms with van der Waals surface area (Å²) in [5.74, 6) is -0.325. The van der Waals surface area contributed by atoms with Gasteiger partial charge in [-0.15, -0.1) is 0 Å². The van der Waals surface area contributed by atoms with E-state index in [1.807, 2.05) is 6.92 Å². The van der Waals surface area contributed by atoms with Crippen LogP contribution in [-0.4, -0.2) is 62.2 Å². The van der Waals surface area contributed by atoms with Crippen LogP contribution in [0, 0.1) is 0 Å². The van der Waals surface area contributed by atoms with Crippen LogP contribution in [0.15, 0.2) is 17.0 Å². The van der Waals surface area contributed by atoms with Crippen molar-refractivity contribution in [3.05, 3.63) is 17.2 Å². The number of carbonyl (C=O) groups excluding carboxylic acids is 2. The second-order valence-electron chi connectivity index (χ2n) is 7.02. The van der Waals surface area contributed by atoms with Crippen LogP contribution in [0.4, 0.5) is 5.69 Å². The van der Waals surface area contributed by atoms with Crippen molar-refractivity contribution in [1.82, 2.24) is 9.21 Å². The SMILES string of the molecule is CCC1CCCCN1C(=O)CN(C)S(=O)(=O)c1cc2c(cc1Cl)NC(=O)CO2. The number of sulfonamides is 1. The summed E-state index contributed by atoms with van der Waals surface area (Å²) in [6.45, 7) is 2.22. The number of hydrogen-bond acceptors (Lipinski definition) is 5. The maximum absolute atomic E-state index is 13.0. The molecule has 0 aromatic heterocycles. The van der Waals surface area contributed by atoms with Crippen molar-refractivity contribution in [3.63, 3.8) is 0 Å². The van der Waals surface area contributed by atoms with Crippen LogP contribution in [0.3, 0.4) is 0 Å². The van der Waals surface area contributed by atoms with Gasteiger partial charge in [-0.05, 0) is 31.7 Å². The zero-order valence-corrected chi connectivity index (χ0v) is 17.5. The first-order valence-electron chi connectivity index (χ1n) is 9.26. The van der Waals surface area contributed by atoms with Gasteiger partial charge in [-0.25, -0.2) is 8.42 Å². The minimum absolute atomic E-state index is 0.0479. The Morgan fingerprint density at radius 2 is 2.14 bits per heavy atom. The molecule has 2 aliphatic rings. The number of hydrogen-bond donors (Lipinski definition) is 1. The topological polar surface area (TPSA) is 96.0 Å². The van der Waals surface area contributed by atoms with Crippen LogP contribution in [0.25, 0.3) is 0 Å². The van der Waals surface area contributed by atoms with E-state index in [1.54, 1.807) is 4.90 Å². The summed E-state index contributed by atoms with van der Waals surface area (Å²) in [5, 5.41) is 2.53. The molecule has 2 amide bonds. The fourth-order valence-corrected chi connectivity index (χ4v) is 5.20. The number of piperidine rings is 1. The molecule has 0 spiro atoms. The number of amides is 2. The smallest absolute Gasteiger partial charge is 0.262 e. The third-order valence-corrected chi connectivity index (χ3v) is 7.40. The summed E-state index contributed by atoms with van der Waals surface area (Å²) in [6, 6.07) is 2.78. The van der Waals surface area contributed by atoms with Crippen LogP contribution >= 0.6 is 11.6 Å². The molecular weight excluding hydrogens is 406 g/mol. The van der Waals surface area contributed by atoms with Crippen molar-refractivity contribution >= 4 is 39.1 Å². The van der Waals surface area contributed by atoms with E-state index in [1.165, 1.54) is 19.2 Å². The van der Waals surface area contributed by atoms with Crippen LogP contribution in [0.5, 0.6) is 5.75 Å². The summed E-state index contributed by atoms with van der Waals surface area (Å²) in [4.78, 5) is 25.7. The number of likely N-dealkylation sites (tertiary alicyclic amines) is 1. The highest BCUT2D eigenvalue weighted by atomic mass is 35.5. The Morgan fingerprint density at radius 1 is 1.39 bits per heavy atom. The van der Waals surface area contributed by atoms with Crippen LogP contribution < -0.4 is 10.1 Å². The van der Waals surface area contributed by atoms with Gasteiger partial charge >= 0.3 is 0 Å². The number of benzene rings is 1. The quantitative estimate of drug-likeness (QED) is 0.773. The molecule has 8 nitrogen and oxygen atoms in total. The molecule has 1 saturated heterocycles. The molecule has 0 radical (unpaired) electrons. The number of fused-ring (bicyclic) bond motifs is 1. The number of halogens is 1. The van der Waals surface area contributed by atoms with Crippen LogP contribution in [0.1, 0.15) is 32.6 Å². The van der Waals surface area contributed by atoms with E-state index < -0.39 is 10.0 Å². The Balaban J connectivity index is 1.80. The molecule has 2 aliphatic heterocycles. The Bertz CT molecular complexity index is 889. The largest absolute Gasteiger partial charge is 0.482 e. The third kappa shape index (κ3) is 4.11. The van der Waals surface area contributed by atoms with E-state index in [0.29, 0.717) is 12.2 Å². The van der Waals surface area contributed by atoms with Crippen molar-refractivity contribution in [1.29, 1.82) is 0 Å². The second-order valence-corrected chi connectivity index (χ2v) is 9.44. The zero-order chi connectivity index (χ0) is 20.5. The molecule has 154 valence electrons. The van der Waals surface area contributed by atoms with Gasteiger partial charge < -0.3 is 15.0 Å². The van der Waals surface area contributed by atoms with Crippen molar-refractivity contribution < 1.29 is 22.7 Å². The molecule has 0 aliphatic carbocycles. The lowest BCUT2D eigenvalue weighted by atomic mass is 10.00. The van der Waals surface area contributed by atoms with Crippen LogP contribution in [-0.2, 0) is 19.6 Å². The first-order valence-corrected chi connectivity index (χ1v) is 11.1. The minimum Gasteiger partial charge on any atom is -0.482 e. The van der Waals surface area contributed by atoms with Gasteiger partial charge in [0.15, 0.2) is 6.61 Å². The molecule has 1 N–H and O–H groups in total. The van der Waals surface area contributed by atoms with Gasteiger partial charge in [0.05, 0.1) is 17.3 Å². The van der Waals surface area contributed by atoms with Crippen LogP contribution in [0.2, 0.25) is 5.02 Å². The highest BCUT2D eigenvalue weighted by Crippen LogP contribution is 2.36. The maximum Gasteiger partial charge on any atom is 0.262 e. The molecule has 1 atom stereocenters. The summed E-state index contributed by atoms with van der Waals surface area (Å²) in [5.41, 5.74) is 0.318. The van der Waals surface area contributed by atoms with E-state index in [4.69, 9.17) is 16.3 Å². The molecule has 1 fully saturated rings. The second kappa shape index (κ2) is 8.26. The van der Waals surface area contributed by atoms with E-state index in [-0.39, 0.29) is 46.7 Å². The van der Waals surface area contributed by atoms with E-state index >= 15 is 0 Å². The number of rotatable bonds is 5. The Morgan fingerprint density at radius 3 is 2.86 bits per heavy atom. The summed E-state index contributed by atoms with van der Waals surface area (Å²) in [6.07, 6.45) is 3.80. The summed E-state index contributed by atoms with van der Waals surface area (Å²) < 4.78 is 32.3. The molecule has 0 bridgehead atoms. The maximum atomic E-state index is 13.0. The van der Waals surface area contributed by atoms with Gasteiger partial charge in [0.1, 0.15) is 10.6 Å². The first kappa shape index (κ1) is 20.9. The number of nitrogens with zero attached hydrogens (tertiary/aromatic N) is 2. The summed E-state index contributed by atoms with van der Waals surface area (Å²) in [7, 11) is -2.66. The van der Waals surface area contributed by atoms with Crippen molar-refractivity contribution in [2.75, 3.05) is 32.1 Å². The minimum atomic E-state index is -4.01. The third-order valence-electron chi connectivity index (χ3n) is 5.13. The molecular formula is C18H24ClN3O5S. The van der Waals surface area contributed by atoms with Crippen molar-refractivity contribution in [2.24, 2.45) is 0 Å². The highest BCUT2D eigenvalue weighted by molar-refractivity contribution is 7.89. The average Bonchev–Trinajstić information content (AvgIpc) is 2.66.